The summed E-state index contributed by atoms with van der Waals surface area (Å²) >= 11 is 0. The van der Waals surface area contributed by atoms with Gasteiger partial charge in [0.2, 0.25) is 5.79 Å². The SMILES string of the molecule is CCCCc1cc(CCCC)c(C2(O)OP3OC(O)(O3)C2(CC)CCCC)c(CCCC)c1. The average Bonchev–Trinajstić information content (AvgIpc) is 2.78. The van der Waals surface area contributed by atoms with E-state index in [4.69, 9.17) is 13.6 Å². The first-order valence-corrected chi connectivity index (χ1v) is 14.4. The number of hydrogen-bond acceptors (Lipinski definition) is 5. The topological polar surface area (TPSA) is 68.2 Å². The quantitative estimate of drug-likeness (QED) is 0.272. The number of hydrogen-bond donors (Lipinski definition) is 2. The van der Waals surface area contributed by atoms with Gasteiger partial charge in [-0.3, -0.25) is 13.6 Å². The van der Waals surface area contributed by atoms with Crippen molar-refractivity contribution in [1.29, 1.82) is 0 Å². The van der Waals surface area contributed by atoms with E-state index in [1.807, 2.05) is 6.92 Å². The summed E-state index contributed by atoms with van der Waals surface area (Å²) in [5.74, 6) is -3.44. The second-order valence-electron chi connectivity index (χ2n) is 9.86. The van der Waals surface area contributed by atoms with Gasteiger partial charge in [-0.2, -0.15) is 0 Å². The van der Waals surface area contributed by atoms with Crippen LogP contribution in [0.5, 0.6) is 0 Å². The lowest BCUT2D eigenvalue weighted by atomic mass is 9.66. The molecule has 3 aliphatic heterocycles. The summed E-state index contributed by atoms with van der Waals surface area (Å²) in [6.45, 7) is 10.7. The van der Waals surface area contributed by atoms with Crippen LogP contribution in [0.25, 0.3) is 0 Å². The van der Waals surface area contributed by atoms with Crippen molar-refractivity contribution in [1.82, 2.24) is 0 Å². The second kappa shape index (κ2) is 11.5. The van der Waals surface area contributed by atoms with Crippen LogP contribution in [0, 0.1) is 5.41 Å². The van der Waals surface area contributed by atoms with Crippen LogP contribution in [0.4, 0.5) is 0 Å². The van der Waals surface area contributed by atoms with Crippen molar-refractivity contribution in [2.75, 3.05) is 0 Å². The number of unbranched alkanes of at least 4 members (excludes halogenated alkanes) is 4. The van der Waals surface area contributed by atoms with Crippen molar-refractivity contribution >= 4 is 8.60 Å². The molecule has 0 aliphatic carbocycles. The van der Waals surface area contributed by atoms with Gasteiger partial charge in [-0.1, -0.05) is 78.9 Å². The zero-order valence-electron chi connectivity index (χ0n) is 21.4. The van der Waals surface area contributed by atoms with Crippen LogP contribution in [0.3, 0.4) is 0 Å². The number of aliphatic hydroxyl groups is 2. The van der Waals surface area contributed by atoms with Crippen LogP contribution in [0.1, 0.15) is 121 Å². The summed E-state index contributed by atoms with van der Waals surface area (Å²) in [6, 6.07) is 4.58. The van der Waals surface area contributed by atoms with Gasteiger partial charge in [0.15, 0.2) is 0 Å². The molecule has 0 radical (unpaired) electrons. The predicted octanol–water partition coefficient (Wildman–Crippen LogP) is 7.40. The van der Waals surface area contributed by atoms with E-state index in [1.54, 1.807) is 0 Å². The van der Waals surface area contributed by atoms with Crippen molar-refractivity contribution in [3.8, 4) is 0 Å². The maximum Gasteiger partial charge on any atom is 0.344 e. The van der Waals surface area contributed by atoms with E-state index in [2.05, 4.69) is 39.8 Å². The Morgan fingerprint density at radius 1 is 0.727 bits per heavy atom. The highest BCUT2D eigenvalue weighted by Gasteiger charge is 2.77. The van der Waals surface area contributed by atoms with E-state index in [0.717, 1.165) is 87.3 Å². The highest BCUT2D eigenvalue weighted by molar-refractivity contribution is 7.43. The standard InChI is InChI=1S/C27H45O5P/c1-6-11-15-21-19-22(16-12-7-2)24(23(20-21)17-13-8-3)26(28)25(10-5,18-14-9-4)27(29)31-33(30-26)32-27/h19-20,28-29H,6-18H2,1-5H3. The van der Waals surface area contributed by atoms with Crippen molar-refractivity contribution in [3.05, 3.63) is 34.4 Å². The van der Waals surface area contributed by atoms with Crippen LogP contribution >= 0.6 is 8.60 Å². The van der Waals surface area contributed by atoms with E-state index < -0.39 is 25.8 Å². The Labute approximate surface area is 202 Å². The molecule has 1 aromatic rings. The molecule has 5 nitrogen and oxygen atoms in total. The van der Waals surface area contributed by atoms with Crippen molar-refractivity contribution < 1.29 is 23.8 Å². The summed E-state index contributed by atoms with van der Waals surface area (Å²) in [5, 5.41) is 24.0. The molecule has 3 aliphatic rings. The number of aryl methyl sites for hydroxylation is 3. The Kier molecular flexibility index (Phi) is 9.39. The fourth-order valence-electron chi connectivity index (χ4n) is 5.49. The fraction of sp³-hybridized carbons (Fsp3) is 0.778. The molecular weight excluding hydrogens is 435 g/mol. The van der Waals surface area contributed by atoms with Crippen LogP contribution in [0.15, 0.2) is 12.1 Å². The van der Waals surface area contributed by atoms with Gasteiger partial charge in [-0.25, -0.2) is 0 Å². The van der Waals surface area contributed by atoms with E-state index in [1.165, 1.54) is 5.56 Å². The first-order chi connectivity index (χ1) is 15.8. The Balaban J connectivity index is 2.21. The molecule has 2 N–H and O–H groups in total. The van der Waals surface area contributed by atoms with Gasteiger partial charge in [0.05, 0.1) is 0 Å². The zero-order chi connectivity index (χ0) is 24.1. The monoisotopic (exact) mass is 480 g/mol. The molecule has 3 saturated heterocycles. The molecule has 0 aromatic heterocycles. The van der Waals surface area contributed by atoms with Gasteiger partial charge in [-0.05, 0) is 68.1 Å². The summed E-state index contributed by atoms with van der Waals surface area (Å²) in [4.78, 5) is 0. The predicted molar refractivity (Wildman–Crippen MR) is 134 cm³/mol. The lowest BCUT2D eigenvalue weighted by molar-refractivity contribution is -0.487. The molecule has 2 unspecified atom stereocenters. The first kappa shape index (κ1) is 27.0. The highest BCUT2D eigenvalue weighted by Crippen LogP contribution is 2.76. The normalized spacial score (nSPS) is 30.9. The third-order valence-corrected chi connectivity index (χ3v) is 8.74. The van der Waals surface area contributed by atoms with Crippen LogP contribution in [0.2, 0.25) is 0 Å². The minimum atomic E-state index is -1.81. The van der Waals surface area contributed by atoms with Gasteiger partial charge < -0.3 is 10.2 Å². The lowest BCUT2D eigenvalue weighted by Crippen LogP contribution is -2.70. The highest BCUT2D eigenvalue weighted by atomic mass is 31.2. The largest absolute Gasteiger partial charge is 0.361 e. The van der Waals surface area contributed by atoms with E-state index in [0.29, 0.717) is 12.8 Å². The molecule has 3 fully saturated rings. The Hall–Kier alpha value is -0.550. The maximum absolute atomic E-state index is 12.5. The molecule has 2 atom stereocenters. The molecule has 6 heteroatoms. The third-order valence-electron chi connectivity index (χ3n) is 7.54. The number of fused-ring (bicyclic) bond motifs is 2. The number of rotatable bonds is 14. The minimum absolute atomic E-state index is 0.487. The van der Waals surface area contributed by atoms with Crippen LogP contribution in [-0.4, -0.2) is 16.2 Å². The Bertz CT molecular complexity index is 749. The second-order valence-corrected chi connectivity index (χ2v) is 10.9. The van der Waals surface area contributed by atoms with Gasteiger partial charge in [0.25, 0.3) is 0 Å². The van der Waals surface area contributed by atoms with Gasteiger partial charge in [-0.15, -0.1) is 0 Å². The first-order valence-electron chi connectivity index (χ1n) is 13.3. The molecule has 3 heterocycles. The zero-order valence-corrected chi connectivity index (χ0v) is 22.3. The molecule has 1 aromatic carbocycles. The van der Waals surface area contributed by atoms with Crippen LogP contribution in [-0.2, 0) is 38.6 Å². The third kappa shape index (κ3) is 4.92. The van der Waals surface area contributed by atoms with Gasteiger partial charge in [0, 0.05) is 5.56 Å². The van der Waals surface area contributed by atoms with E-state index >= 15 is 0 Å². The van der Waals surface area contributed by atoms with Crippen LogP contribution < -0.4 is 0 Å². The Morgan fingerprint density at radius 3 is 1.73 bits per heavy atom. The summed E-state index contributed by atoms with van der Waals surface area (Å²) in [6.07, 6.45) is 12.3. The molecule has 0 amide bonds. The molecular formula is C27H45O5P. The maximum atomic E-state index is 12.5. The lowest BCUT2D eigenvalue weighted by Gasteiger charge is -2.63. The minimum Gasteiger partial charge on any atom is -0.361 e. The van der Waals surface area contributed by atoms with Gasteiger partial charge >= 0.3 is 14.6 Å². The molecule has 4 rings (SSSR count). The smallest absolute Gasteiger partial charge is 0.344 e. The molecule has 2 bridgehead atoms. The van der Waals surface area contributed by atoms with E-state index in [9.17, 15) is 10.2 Å². The van der Waals surface area contributed by atoms with Gasteiger partial charge in [0.1, 0.15) is 5.41 Å². The van der Waals surface area contributed by atoms with E-state index in [-0.39, 0.29) is 0 Å². The van der Waals surface area contributed by atoms with Crippen molar-refractivity contribution in [3.63, 3.8) is 0 Å². The van der Waals surface area contributed by atoms with Crippen molar-refractivity contribution in [2.45, 2.75) is 130 Å². The molecule has 33 heavy (non-hydrogen) atoms. The van der Waals surface area contributed by atoms with Crippen molar-refractivity contribution in [2.24, 2.45) is 5.41 Å². The average molecular weight is 481 g/mol. The summed E-state index contributed by atoms with van der Waals surface area (Å²) < 4.78 is 17.7. The molecule has 188 valence electrons. The Morgan fingerprint density at radius 2 is 1.24 bits per heavy atom. The summed E-state index contributed by atoms with van der Waals surface area (Å²) in [5.41, 5.74) is 3.46. The molecule has 0 spiro atoms. The fourth-order valence-corrected chi connectivity index (χ4v) is 6.81. The summed E-state index contributed by atoms with van der Waals surface area (Å²) in [7, 11) is -1.76. The molecule has 0 saturated carbocycles. The number of benzene rings is 1.